The number of rotatable bonds is 3. The molecule has 0 atom stereocenters. The monoisotopic (exact) mass is 219 g/mol. The zero-order valence-electron chi connectivity index (χ0n) is 8.21. The Morgan fingerprint density at radius 3 is 3.00 bits per heavy atom. The van der Waals surface area contributed by atoms with Crippen LogP contribution in [0.4, 0.5) is 5.82 Å². The van der Waals surface area contributed by atoms with Gasteiger partial charge < -0.3 is 11.1 Å². The van der Waals surface area contributed by atoms with Crippen molar-refractivity contribution in [2.75, 3.05) is 5.73 Å². The van der Waals surface area contributed by atoms with Gasteiger partial charge in [-0.05, 0) is 12.1 Å². The number of aromatic nitrogens is 5. The lowest BCUT2D eigenvalue weighted by atomic mass is 10.2. The molecule has 0 saturated carbocycles. The van der Waals surface area contributed by atoms with Gasteiger partial charge in [-0.1, -0.05) is 5.21 Å². The van der Waals surface area contributed by atoms with Crippen molar-refractivity contribution in [1.29, 1.82) is 0 Å². The first-order valence-electron chi connectivity index (χ1n) is 4.48. The fourth-order valence-electron chi connectivity index (χ4n) is 1.06. The van der Waals surface area contributed by atoms with Crippen LogP contribution in [0.1, 0.15) is 16.2 Å². The molecule has 0 fully saturated rings. The minimum absolute atomic E-state index is 0.208. The highest BCUT2D eigenvalue weighted by Crippen LogP contribution is 2.00. The van der Waals surface area contributed by atoms with Crippen molar-refractivity contribution in [3.8, 4) is 0 Å². The number of carbonyl (C=O) groups is 1. The van der Waals surface area contributed by atoms with Gasteiger partial charge in [0.2, 0.25) is 0 Å². The van der Waals surface area contributed by atoms with E-state index in [4.69, 9.17) is 5.73 Å². The molecule has 0 unspecified atom stereocenters. The van der Waals surface area contributed by atoms with E-state index in [0.29, 0.717) is 17.2 Å². The fraction of sp³-hybridized carbons (Fsp3) is 0.125. The number of nitrogens with one attached hydrogen (secondary N) is 2. The van der Waals surface area contributed by atoms with Crippen molar-refractivity contribution in [1.82, 2.24) is 30.9 Å². The number of H-pyrrole nitrogens is 1. The van der Waals surface area contributed by atoms with Crippen LogP contribution in [0.25, 0.3) is 0 Å². The van der Waals surface area contributed by atoms with Gasteiger partial charge in [0.25, 0.3) is 5.91 Å². The zero-order valence-corrected chi connectivity index (χ0v) is 8.21. The van der Waals surface area contributed by atoms with Crippen LogP contribution in [0.15, 0.2) is 18.3 Å². The van der Waals surface area contributed by atoms with Crippen LogP contribution in [0.5, 0.6) is 0 Å². The molecule has 2 rings (SSSR count). The highest BCUT2D eigenvalue weighted by Gasteiger charge is 2.06. The minimum Gasteiger partial charge on any atom is -0.384 e. The Kier molecular flexibility index (Phi) is 2.72. The van der Waals surface area contributed by atoms with Crippen molar-refractivity contribution in [3.63, 3.8) is 0 Å². The first-order valence-corrected chi connectivity index (χ1v) is 4.48. The molecule has 0 bridgehead atoms. The number of carbonyl (C=O) groups excluding carboxylic acids is 1. The van der Waals surface area contributed by atoms with E-state index in [1.54, 1.807) is 12.1 Å². The molecular weight excluding hydrogens is 210 g/mol. The summed E-state index contributed by atoms with van der Waals surface area (Å²) >= 11 is 0. The number of anilines is 1. The third-order valence-corrected chi connectivity index (χ3v) is 1.84. The highest BCUT2D eigenvalue weighted by atomic mass is 16.1. The second-order valence-electron chi connectivity index (χ2n) is 2.98. The lowest BCUT2D eigenvalue weighted by Gasteiger charge is -2.01. The molecular formula is C8H9N7O. The number of pyridine rings is 1. The molecule has 0 spiro atoms. The second kappa shape index (κ2) is 4.34. The molecule has 2 aromatic rings. The Bertz CT molecular complexity index is 464. The number of nitrogen functional groups attached to an aromatic ring is 1. The molecule has 0 saturated heterocycles. The van der Waals surface area contributed by atoms with Crippen molar-refractivity contribution < 1.29 is 4.79 Å². The van der Waals surface area contributed by atoms with Crippen molar-refractivity contribution in [2.45, 2.75) is 6.54 Å². The summed E-state index contributed by atoms with van der Waals surface area (Å²) in [6, 6.07) is 3.15. The Labute approximate surface area is 90.3 Å². The Morgan fingerprint density at radius 1 is 1.50 bits per heavy atom. The van der Waals surface area contributed by atoms with Gasteiger partial charge in [0.15, 0.2) is 5.82 Å². The van der Waals surface area contributed by atoms with E-state index in [-0.39, 0.29) is 12.5 Å². The molecule has 0 radical (unpaired) electrons. The number of nitrogens with zero attached hydrogens (tertiary/aromatic N) is 4. The number of hydrogen-bond acceptors (Lipinski definition) is 6. The number of nitrogens with two attached hydrogens (primary N) is 1. The average Bonchev–Trinajstić information content (AvgIpc) is 2.80. The van der Waals surface area contributed by atoms with Gasteiger partial charge in [0.05, 0.1) is 12.1 Å². The third kappa shape index (κ3) is 2.29. The summed E-state index contributed by atoms with van der Waals surface area (Å²) in [4.78, 5) is 15.4. The lowest BCUT2D eigenvalue weighted by Crippen LogP contribution is -2.23. The highest BCUT2D eigenvalue weighted by molar-refractivity contribution is 5.93. The van der Waals surface area contributed by atoms with E-state index >= 15 is 0 Å². The quantitative estimate of drug-likeness (QED) is 0.615. The lowest BCUT2D eigenvalue weighted by molar-refractivity contribution is 0.0949. The van der Waals surface area contributed by atoms with E-state index in [9.17, 15) is 4.79 Å². The minimum atomic E-state index is -0.266. The maximum atomic E-state index is 11.6. The summed E-state index contributed by atoms with van der Waals surface area (Å²) in [7, 11) is 0. The summed E-state index contributed by atoms with van der Waals surface area (Å²) in [6.45, 7) is 0.208. The van der Waals surface area contributed by atoms with Gasteiger partial charge in [-0.15, -0.1) is 10.2 Å². The van der Waals surface area contributed by atoms with Crippen molar-refractivity contribution in [2.24, 2.45) is 0 Å². The Hall–Kier alpha value is -2.51. The molecule has 4 N–H and O–H groups in total. The van der Waals surface area contributed by atoms with Crippen LogP contribution in [-0.2, 0) is 6.54 Å². The van der Waals surface area contributed by atoms with E-state index in [1.165, 1.54) is 6.20 Å². The predicted molar refractivity (Wildman–Crippen MR) is 54.0 cm³/mol. The average molecular weight is 219 g/mol. The zero-order chi connectivity index (χ0) is 11.4. The maximum Gasteiger partial charge on any atom is 0.253 e. The van der Waals surface area contributed by atoms with Gasteiger partial charge >= 0.3 is 0 Å². The number of tetrazole rings is 1. The summed E-state index contributed by atoms with van der Waals surface area (Å²) in [5.41, 5.74) is 5.83. The molecule has 0 aliphatic rings. The SMILES string of the molecule is Nc1ccc(C(=O)NCc2nn[nH]n2)cn1. The molecule has 1 amide bonds. The number of aromatic amines is 1. The predicted octanol–water partition coefficient (Wildman–Crippen LogP) is -0.893. The molecule has 2 heterocycles. The molecule has 0 aliphatic heterocycles. The van der Waals surface area contributed by atoms with Crippen LogP contribution in [-0.4, -0.2) is 31.5 Å². The van der Waals surface area contributed by atoms with E-state index in [0.717, 1.165) is 0 Å². The second-order valence-corrected chi connectivity index (χ2v) is 2.98. The Balaban J connectivity index is 1.95. The standard InChI is InChI=1S/C8H9N7O/c9-6-2-1-5(3-10-6)8(16)11-4-7-12-14-15-13-7/h1-3H,4H2,(H2,9,10)(H,11,16)(H,12,13,14,15). The van der Waals surface area contributed by atoms with E-state index < -0.39 is 0 Å². The van der Waals surface area contributed by atoms with Crippen LogP contribution in [0.2, 0.25) is 0 Å². The van der Waals surface area contributed by atoms with Crippen LogP contribution in [0, 0.1) is 0 Å². The van der Waals surface area contributed by atoms with Crippen LogP contribution >= 0.6 is 0 Å². The van der Waals surface area contributed by atoms with Crippen molar-refractivity contribution in [3.05, 3.63) is 29.7 Å². The summed E-state index contributed by atoms with van der Waals surface area (Å²) in [5.74, 6) is 0.517. The van der Waals surface area contributed by atoms with E-state index in [2.05, 4.69) is 30.9 Å². The molecule has 82 valence electrons. The number of amides is 1. The van der Waals surface area contributed by atoms with Crippen LogP contribution < -0.4 is 11.1 Å². The first kappa shape index (κ1) is 10.0. The van der Waals surface area contributed by atoms with Gasteiger partial charge in [-0.3, -0.25) is 4.79 Å². The van der Waals surface area contributed by atoms with Gasteiger partial charge in [0.1, 0.15) is 5.82 Å². The van der Waals surface area contributed by atoms with Gasteiger partial charge in [-0.2, -0.15) is 5.21 Å². The topological polar surface area (TPSA) is 122 Å². The summed E-state index contributed by atoms with van der Waals surface area (Å²) in [5, 5.41) is 15.7. The molecule has 0 aromatic carbocycles. The molecule has 0 aliphatic carbocycles. The maximum absolute atomic E-state index is 11.6. The molecule has 2 aromatic heterocycles. The smallest absolute Gasteiger partial charge is 0.253 e. The summed E-state index contributed by atoms with van der Waals surface area (Å²) < 4.78 is 0. The molecule has 8 heteroatoms. The van der Waals surface area contributed by atoms with Gasteiger partial charge in [0, 0.05) is 6.20 Å². The summed E-state index contributed by atoms with van der Waals surface area (Å²) in [6.07, 6.45) is 1.40. The first-order chi connectivity index (χ1) is 7.75. The van der Waals surface area contributed by atoms with Gasteiger partial charge in [-0.25, -0.2) is 4.98 Å². The van der Waals surface area contributed by atoms with Crippen LogP contribution in [0.3, 0.4) is 0 Å². The number of hydrogen-bond donors (Lipinski definition) is 3. The van der Waals surface area contributed by atoms with Crippen molar-refractivity contribution >= 4 is 11.7 Å². The molecule has 16 heavy (non-hydrogen) atoms. The largest absolute Gasteiger partial charge is 0.384 e. The molecule has 8 nitrogen and oxygen atoms in total. The Morgan fingerprint density at radius 2 is 2.38 bits per heavy atom. The van der Waals surface area contributed by atoms with E-state index in [1.807, 2.05) is 0 Å². The fourth-order valence-corrected chi connectivity index (χ4v) is 1.06. The normalized spacial score (nSPS) is 10.0. The third-order valence-electron chi connectivity index (χ3n) is 1.84.